The molecule has 0 unspecified atom stereocenters. The molecule has 1 atom stereocenters. The van der Waals surface area contributed by atoms with E-state index in [-0.39, 0.29) is 29.5 Å². The summed E-state index contributed by atoms with van der Waals surface area (Å²) in [6, 6.07) is 12.7. The van der Waals surface area contributed by atoms with Crippen LogP contribution in [0.15, 0.2) is 48.5 Å². The molecule has 10 heteroatoms. The van der Waals surface area contributed by atoms with E-state index in [9.17, 15) is 23.9 Å². The second kappa shape index (κ2) is 8.97. The average molecular weight is 465 g/mol. The first-order valence-electron chi connectivity index (χ1n) is 10.6. The maximum absolute atomic E-state index is 13.7. The van der Waals surface area contributed by atoms with E-state index in [4.69, 9.17) is 0 Å². The molecule has 0 spiro atoms. The van der Waals surface area contributed by atoms with Crippen LogP contribution in [0.25, 0.3) is 0 Å². The number of aromatic nitrogens is 2. The number of nitrogens with one attached hydrogen (secondary N) is 1. The normalized spacial score (nSPS) is 15.1. The number of carbonyl (C=O) groups excluding carboxylic acids is 3. The number of hydrogen-bond donors (Lipinski definition) is 2. The molecule has 1 aliphatic heterocycles. The summed E-state index contributed by atoms with van der Waals surface area (Å²) in [7, 11) is 4.70. The molecule has 1 aliphatic rings. The van der Waals surface area contributed by atoms with Crippen molar-refractivity contribution in [3.8, 4) is 5.75 Å². The van der Waals surface area contributed by atoms with Crippen molar-refractivity contribution in [2.24, 2.45) is 0 Å². The molecule has 0 saturated carbocycles. The summed E-state index contributed by atoms with van der Waals surface area (Å²) in [5.41, 5.74) is 1.00. The highest BCUT2D eigenvalue weighted by molar-refractivity contribution is 6.02. The van der Waals surface area contributed by atoms with Crippen LogP contribution >= 0.6 is 0 Å². The number of hydrogen-bond acceptors (Lipinski definition) is 5. The first-order chi connectivity index (χ1) is 16.2. The molecule has 0 fully saturated rings. The maximum atomic E-state index is 13.7. The maximum Gasteiger partial charge on any atom is 0.275 e. The number of fused-ring (bicyclic) bond motifs is 1. The fraction of sp³-hybridized carbons (Fsp3) is 0.250. The van der Waals surface area contributed by atoms with Crippen molar-refractivity contribution in [1.29, 1.82) is 0 Å². The third kappa shape index (κ3) is 4.09. The molecule has 0 aliphatic carbocycles. The van der Waals surface area contributed by atoms with E-state index in [1.54, 1.807) is 21.1 Å². The molecule has 0 radical (unpaired) electrons. The topological polar surface area (TPSA) is 108 Å². The van der Waals surface area contributed by atoms with Crippen LogP contribution < -0.4 is 5.32 Å². The Morgan fingerprint density at radius 2 is 1.91 bits per heavy atom. The molecule has 2 N–H and O–H groups in total. The van der Waals surface area contributed by atoms with Gasteiger partial charge in [-0.3, -0.25) is 14.4 Å². The molecular weight excluding hydrogens is 441 g/mol. The second-order valence-electron chi connectivity index (χ2n) is 8.29. The fourth-order valence-electron chi connectivity index (χ4n) is 3.93. The molecule has 1 aromatic heterocycles. The Morgan fingerprint density at radius 1 is 1.21 bits per heavy atom. The Labute approximate surface area is 195 Å². The predicted octanol–water partition coefficient (Wildman–Crippen LogP) is 2.03. The van der Waals surface area contributed by atoms with Crippen LogP contribution in [0.3, 0.4) is 0 Å². The molecular formula is C24H24FN5O4. The minimum Gasteiger partial charge on any atom is -0.504 e. The Bertz CT molecular complexity index is 1270. The quantitative estimate of drug-likeness (QED) is 0.600. The van der Waals surface area contributed by atoms with Crippen molar-refractivity contribution >= 4 is 17.7 Å². The van der Waals surface area contributed by atoms with Gasteiger partial charge in [0.15, 0.2) is 17.1 Å². The Morgan fingerprint density at radius 3 is 2.59 bits per heavy atom. The first kappa shape index (κ1) is 23.0. The summed E-state index contributed by atoms with van der Waals surface area (Å²) in [5.74, 6) is -2.68. The summed E-state index contributed by atoms with van der Waals surface area (Å²) in [6.45, 7) is 0.217. The second-order valence-corrected chi connectivity index (χ2v) is 8.29. The number of aromatic hydroxyl groups is 1. The highest BCUT2D eigenvalue weighted by Crippen LogP contribution is 2.33. The SMILES string of the molecule is CN(C)C(=O)c1cc(F)ccc1CNC(=O)c1nn2c(c1O)C(=O)N(C)C[C@H]2c1ccccc1. The zero-order chi connectivity index (χ0) is 24.6. The van der Waals surface area contributed by atoms with Crippen LogP contribution in [0.1, 0.15) is 48.5 Å². The van der Waals surface area contributed by atoms with Gasteiger partial charge >= 0.3 is 0 Å². The Hall–Kier alpha value is -4.21. The highest BCUT2D eigenvalue weighted by Gasteiger charge is 2.37. The van der Waals surface area contributed by atoms with Crippen LogP contribution in [-0.2, 0) is 6.54 Å². The molecule has 3 aromatic rings. The van der Waals surface area contributed by atoms with E-state index in [2.05, 4.69) is 10.4 Å². The van der Waals surface area contributed by atoms with Gasteiger partial charge in [-0.15, -0.1) is 0 Å². The minimum atomic E-state index is -0.728. The van der Waals surface area contributed by atoms with E-state index in [1.165, 1.54) is 26.6 Å². The highest BCUT2D eigenvalue weighted by atomic mass is 19.1. The Kier molecular flexibility index (Phi) is 6.06. The largest absolute Gasteiger partial charge is 0.504 e. The zero-order valence-corrected chi connectivity index (χ0v) is 18.9. The van der Waals surface area contributed by atoms with Gasteiger partial charge in [0.2, 0.25) is 0 Å². The number of carbonyl (C=O) groups is 3. The van der Waals surface area contributed by atoms with Gasteiger partial charge < -0.3 is 20.2 Å². The lowest BCUT2D eigenvalue weighted by atomic mass is 10.0. The lowest BCUT2D eigenvalue weighted by Crippen LogP contribution is -2.41. The van der Waals surface area contributed by atoms with Crippen molar-refractivity contribution in [1.82, 2.24) is 24.9 Å². The van der Waals surface area contributed by atoms with Crippen molar-refractivity contribution < 1.29 is 23.9 Å². The van der Waals surface area contributed by atoms with Crippen LogP contribution in [0.4, 0.5) is 4.39 Å². The number of halogens is 1. The van der Waals surface area contributed by atoms with E-state index in [0.717, 1.165) is 11.6 Å². The van der Waals surface area contributed by atoms with Gasteiger partial charge in [0.25, 0.3) is 17.7 Å². The van der Waals surface area contributed by atoms with Crippen molar-refractivity contribution in [2.45, 2.75) is 12.6 Å². The summed E-state index contributed by atoms with van der Waals surface area (Å²) >= 11 is 0. The molecule has 9 nitrogen and oxygen atoms in total. The number of likely N-dealkylation sites (N-methyl/N-ethyl adjacent to an activating group) is 1. The smallest absolute Gasteiger partial charge is 0.275 e. The minimum absolute atomic E-state index is 0.0713. The Balaban J connectivity index is 1.64. The molecule has 4 rings (SSSR count). The van der Waals surface area contributed by atoms with Gasteiger partial charge in [-0.1, -0.05) is 36.4 Å². The molecule has 34 heavy (non-hydrogen) atoms. The predicted molar refractivity (Wildman–Crippen MR) is 121 cm³/mol. The fourth-order valence-corrected chi connectivity index (χ4v) is 3.93. The standard InChI is InChI=1S/C24H24FN5O4/c1-28(2)23(33)17-11-16(25)10-9-15(17)12-26-22(32)19-21(31)20-24(34)29(3)13-18(30(20)27-19)14-7-5-4-6-8-14/h4-11,18,31H,12-13H2,1-3H3,(H,26,32)/t18-/m0/s1. The van der Waals surface area contributed by atoms with Gasteiger partial charge in [-0.2, -0.15) is 5.10 Å². The monoisotopic (exact) mass is 465 g/mol. The van der Waals surface area contributed by atoms with Crippen LogP contribution in [0.2, 0.25) is 0 Å². The number of benzene rings is 2. The van der Waals surface area contributed by atoms with Crippen LogP contribution in [-0.4, -0.2) is 70.1 Å². The summed E-state index contributed by atoms with van der Waals surface area (Å²) in [6.07, 6.45) is 0. The molecule has 0 bridgehead atoms. The van der Waals surface area contributed by atoms with Gasteiger partial charge in [0, 0.05) is 39.8 Å². The van der Waals surface area contributed by atoms with Crippen LogP contribution in [0, 0.1) is 5.82 Å². The molecule has 176 valence electrons. The van der Waals surface area contributed by atoms with E-state index >= 15 is 0 Å². The molecule has 2 aromatic carbocycles. The molecule has 2 heterocycles. The third-order valence-corrected chi connectivity index (χ3v) is 5.72. The number of nitrogens with zero attached hydrogens (tertiary/aromatic N) is 4. The summed E-state index contributed by atoms with van der Waals surface area (Å²) in [4.78, 5) is 40.8. The summed E-state index contributed by atoms with van der Waals surface area (Å²) < 4.78 is 15.1. The van der Waals surface area contributed by atoms with Crippen molar-refractivity contribution in [3.63, 3.8) is 0 Å². The molecule has 3 amide bonds. The summed E-state index contributed by atoms with van der Waals surface area (Å²) in [5, 5.41) is 17.6. The van der Waals surface area contributed by atoms with E-state index < -0.39 is 29.3 Å². The average Bonchev–Trinajstić information content (AvgIpc) is 3.17. The van der Waals surface area contributed by atoms with Gasteiger partial charge in [-0.25, -0.2) is 9.07 Å². The third-order valence-electron chi connectivity index (χ3n) is 5.72. The number of rotatable bonds is 5. The lowest BCUT2D eigenvalue weighted by Gasteiger charge is -2.31. The first-order valence-corrected chi connectivity index (χ1v) is 10.6. The van der Waals surface area contributed by atoms with Crippen molar-refractivity contribution in [3.05, 3.63) is 82.4 Å². The van der Waals surface area contributed by atoms with Gasteiger partial charge in [0.1, 0.15) is 5.82 Å². The molecule has 0 saturated heterocycles. The number of amides is 3. The van der Waals surface area contributed by atoms with Gasteiger partial charge in [-0.05, 0) is 23.3 Å². The van der Waals surface area contributed by atoms with E-state index in [0.29, 0.717) is 12.1 Å². The lowest BCUT2D eigenvalue weighted by molar-refractivity contribution is 0.0719. The van der Waals surface area contributed by atoms with Gasteiger partial charge in [0.05, 0.1) is 6.04 Å². The van der Waals surface area contributed by atoms with E-state index in [1.807, 2.05) is 30.3 Å². The zero-order valence-electron chi connectivity index (χ0n) is 18.9. The van der Waals surface area contributed by atoms with Crippen molar-refractivity contribution in [2.75, 3.05) is 27.7 Å². The van der Waals surface area contributed by atoms with Crippen LogP contribution in [0.5, 0.6) is 5.75 Å².